The number of hydrogen-bond donors (Lipinski definition) is 5. The second-order valence-corrected chi connectivity index (χ2v) is 11.1. The third-order valence-corrected chi connectivity index (χ3v) is 8.08. The monoisotopic (exact) mass is 618 g/mol. The third kappa shape index (κ3) is 7.08. The number of anilines is 3. The molecule has 5 N–H and O–H groups in total. The van der Waals surface area contributed by atoms with Crippen molar-refractivity contribution in [2.75, 3.05) is 42.1 Å². The summed E-state index contributed by atoms with van der Waals surface area (Å²) < 4.78 is 0. The van der Waals surface area contributed by atoms with Crippen molar-refractivity contribution in [1.82, 2.24) is 15.2 Å². The molecule has 0 spiro atoms. The molecule has 46 heavy (non-hydrogen) atoms. The SMILES string of the molecule is CCN(CC)CCNC(=O)c1c(C)[nH]c(/C=C2\C(=O)Nc3cc(C(=O)Nc4cccc(NC(=O)c5ccccc5)c4)ccc32)c1C. The fourth-order valence-electron chi connectivity index (χ4n) is 5.51. The molecule has 4 aromatic rings. The smallest absolute Gasteiger partial charge is 0.256 e. The average molecular weight is 619 g/mol. The molecule has 0 saturated carbocycles. The van der Waals surface area contributed by atoms with Gasteiger partial charge < -0.3 is 31.2 Å². The number of fused-ring (bicyclic) bond motifs is 1. The number of likely N-dealkylation sites (N-methyl/N-ethyl adjacent to an activating group) is 1. The Kier molecular flexibility index (Phi) is 9.78. The Morgan fingerprint density at radius 1 is 0.804 bits per heavy atom. The summed E-state index contributed by atoms with van der Waals surface area (Å²) in [6, 6.07) is 20.8. The summed E-state index contributed by atoms with van der Waals surface area (Å²) in [5.74, 6) is -1.07. The normalized spacial score (nSPS) is 13.0. The standard InChI is InChI=1S/C36H38N6O4/c1-5-42(6-2)18-17-37-36(46)32-22(3)30(38-23(32)4)21-29-28-16-15-25(19-31(28)41-35(29)45)34(44)40-27-14-10-13-26(20-27)39-33(43)24-11-8-7-9-12-24/h7-16,19-21,38H,5-6,17-18H2,1-4H3,(H,37,46)(H,39,43)(H,40,44)(H,41,45)/b29-21-. The highest BCUT2D eigenvalue weighted by atomic mass is 16.2. The van der Waals surface area contributed by atoms with Crippen molar-refractivity contribution < 1.29 is 19.2 Å². The van der Waals surface area contributed by atoms with E-state index in [0.29, 0.717) is 57.1 Å². The van der Waals surface area contributed by atoms with Gasteiger partial charge in [-0.1, -0.05) is 44.2 Å². The highest BCUT2D eigenvalue weighted by Crippen LogP contribution is 2.35. The van der Waals surface area contributed by atoms with Crippen molar-refractivity contribution >= 4 is 52.3 Å². The molecule has 0 unspecified atom stereocenters. The van der Waals surface area contributed by atoms with Crippen molar-refractivity contribution in [3.63, 3.8) is 0 Å². The van der Waals surface area contributed by atoms with Crippen LogP contribution in [0.2, 0.25) is 0 Å². The number of carbonyl (C=O) groups excluding carboxylic acids is 4. The summed E-state index contributed by atoms with van der Waals surface area (Å²) in [5.41, 5.74) is 6.25. The predicted molar refractivity (Wildman–Crippen MR) is 182 cm³/mol. The molecule has 2 heterocycles. The Bertz CT molecular complexity index is 1820. The Hall–Kier alpha value is -5.48. The van der Waals surface area contributed by atoms with E-state index in [0.717, 1.165) is 30.9 Å². The minimum Gasteiger partial charge on any atom is -0.358 e. The number of rotatable bonds is 11. The van der Waals surface area contributed by atoms with E-state index in [1.807, 2.05) is 19.9 Å². The van der Waals surface area contributed by atoms with Crippen LogP contribution in [0.15, 0.2) is 72.8 Å². The molecule has 1 aliphatic heterocycles. The van der Waals surface area contributed by atoms with Crippen molar-refractivity contribution in [3.8, 4) is 0 Å². The minimum absolute atomic E-state index is 0.154. The summed E-state index contributed by atoms with van der Waals surface area (Å²) in [6.07, 6.45) is 1.74. The highest BCUT2D eigenvalue weighted by Gasteiger charge is 2.27. The van der Waals surface area contributed by atoms with Gasteiger partial charge in [-0.3, -0.25) is 19.2 Å². The molecule has 1 aliphatic rings. The molecule has 3 aromatic carbocycles. The van der Waals surface area contributed by atoms with Gasteiger partial charge in [0.25, 0.3) is 23.6 Å². The molecule has 236 valence electrons. The largest absolute Gasteiger partial charge is 0.358 e. The van der Waals surface area contributed by atoms with Crippen LogP contribution in [0.5, 0.6) is 0 Å². The number of benzene rings is 3. The first-order chi connectivity index (χ1) is 22.2. The number of aryl methyl sites for hydroxylation is 1. The summed E-state index contributed by atoms with van der Waals surface area (Å²) in [7, 11) is 0. The van der Waals surface area contributed by atoms with E-state index in [1.165, 1.54) is 0 Å². The molecule has 0 aliphatic carbocycles. The van der Waals surface area contributed by atoms with Crippen LogP contribution in [-0.2, 0) is 4.79 Å². The number of H-pyrrole nitrogens is 1. The highest BCUT2D eigenvalue weighted by molar-refractivity contribution is 6.35. The molecule has 0 radical (unpaired) electrons. The van der Waals surface area contributed by atoms with Gasteiger partial charge in [-0.05, 0) is 81.0 Å². The Morgan fingerprint density at radius 3 is 2.15 bits per heavy atom. The molecular formula is C36H38N6O4. The second kappa shape index (κ2) is 14.1. The zero-order chi connectivity index (χ0) is 32.8. The van der Waals surface area contributed by atoms with Crippen LogP contribution in [0.1, 0.15) is 67.4 Å². The lowest BCUT2D eigenvalue weighted by Gasteiger charge is -2.18. The predicted octanol–water partition coefficient (Wildman–Crippen LogP) is 5.70. The molecule has 4 amide bonds. The number of nitrogens with zero attached hydrogens (tertiary/aromatic N) is 1. The van der Waals surface area contributed by atoms with E-state index in [4.69, 9.17) is 0 Å². The lowest BCUT2D eigenvalue weighted by molar-refractivity contribution is -0.110. The first-order valence-electron chi connectivity index (χ1n) is 15.3. The molecule has 0 saturated heterocycles. The van der Waals surface area contributed by atoms with E-state index in [-0.39, 0.29) is 23.6 Å². The van der Waals surface area contributed by atoms with E-state index in [9.17, 15) is 19.2 Å². The van der Waals surface area contributed by atoms with Gasteiger partial charge in [0, 0.05) is 58.2 Å². The van der Waals surface area contributed by atoms with Gasteiger partial charge in [-0.15, -0.1) is 0 Å². The summed E-state index contributed by atoms with van der Waals surface area (Å²) >= 11 is 0. The van der Waals surface area contributed by atoms with E-state index < -0.39 is 0 Å². The number of amides is 4. The Labute approximate surface area is 268 Å². The second-order valence-electron chi connectivity index (χ2n) is 11.1. The van der Waals surface area contributed by atoms with Crippen LogP contribution in [0.4, 0.5) is 17.1 Å². The fourth-order valence-corrected chi connectivity index (χ4v) is 5.51. The molecule has 1 aromatic heterocycles. The molecule has 0 fully saturated rings. The van der Waals surface area contributed by atoms with Crippen molar-refractivity contribution in [1.29, 1.82) is 0 Å². The maximum Gasteiger partial charge on any atom is 0.256 e. The summed E-state index contributed by atoms with van der Waals surface area (Å²) in [6.45, 7) is 11.0. The number of aromatic nitrogens is 1. The van der Waals surface area contributed by atoms with Crippen molar-refractivity contribution in [3.05, 3.63) is 112 Å². The summed E-state index contributed by atoms with van der Waals surface area (Å²) in [4.78, 5) is 57.2. The van der Waals surface area contributed by atoms with Crippen LogP contribution in [0.3, 0.4) is 0 Å². The lowest BCUT2D eigenvalue weighted by Crippen LogP contribution is -2.35. The zero-order valence-electron chi connectivity index (χ0n) is 26.4. The molecule has 0 atom stereocenters. The zero-order valence-corrected chi connectivity index (χ0v) is 26.4. The summed E-state index contributed by atoms with van der Waals surface area (Å²) in [5, 5.41) is 11.6. The van der Waals surface area contributed by atoms with Gasteiger partial charge in [0.2, 0.25) is 0 Å². The molecule has 10 heteroatoms. The lowest BCUT2D eigenvalue weighted by atomic mass is 10.0. The van der Waals surface area contributed by atoms with Gasteiger partial charge >= 0.3 is 0 Å². The van der Waals surface area contributed by atoms with Gasteiger partial charge in [0.05, 0.1) is 11.1 Å². The quantitative estimate of drug-likeness (QED) is 0.138. The maximum atomic E-state index is 13.1. The topological polar surface area (TPSA) is 135 Å². The van der Waals surface area contributed by atoms with Gasteiger partial charge in [0.1, 0.15) is 0 Å². The van der Waals surface area contributed by atoms with Crippen LogP contribution in [-0.4, -0.2) is 59.7 Å². The van der Waals surface area contributed by atoms with Crippen LogP contribution in [0, 0.1) is 13.8 Å². The molecule has 5 rings (SSSR count). The number of aromatic amines is 1. The van der Waals surface area contributed by atoms with Gasteiger partial charge in [-0.2, -0.15) is 0 Å². The van der Waals surface area contributed by atoms with Gasteiger partial charge in [0.15, 0.2) is 0 Å². The maximum absolute atomic E-state index is 13.1. The van der Waals surface area contributed by atoms with Crippen LogP contribution < -0.4 is 21.3 Å². The van der Waals surface area contributed by atoms with Crippen LogP contribution >= 0.6 is 0 Å². The molecule has 0 bridgehead atoms. The number of nitrogens with one attached hydrogen (secondary N) is 5. The fraction of sp³-hybridized carbons (Fsp3) is 0.222. The van der Waals surface area contributed by atoms with E-state index in [2.05, 4.69) is 45.0 Å². The Balaban J connectivity index is 1.28. The van der Waals surface area contributed by atoms with Crippen molar-refractivity contribution in [2.24, 2.45) is 0 Å². The van der Waals surface area contributed by atoms with Gasteiger partial charge in [-0.25, -0.2) is 0 Å². The van der Waals surface area contributed by atoms with E-state index >= 15 is 0 Å². The first-order valence-corrected chi connectivity index (χ1v) is 15.3. The third-order valence-electron chi connectivity index (χ3n) is 8.08. The number of carbonyl (C=O) groups is 4. The molecule has 10 nitrogen and oxygen atoms in total. The van der Waals surface area contributed by atoms with Crippen LogP contribution in [0.25, 0.3) is 11.6 Å². The minimum atomic E-state index is -0.367. The van der Waals surface area contributed by atoms with Crippen molar-refractivity contribution in [2.45, 2.75) is 27.7 Å². The van der Waals surface area contributed by atoms with E-state index in [1.54, 1.807) is 72.8 Å². The average Bonchev–Trinajstić information content (AvgIpc) is 3.52. The molecular weight excluding hydrogens is 580 g/mol. The first kappa shape index (κ1) is 31.9. The Morgan fingerprint density at radius 2 is 1.48 bits per heavy atom. The number of hydrogen-bond acceptors (Lipinski definition) is 5.